The Labute approximate surface area is 107 Å². The number of rotatable bonds is 3. The quantitative estimate of drug-likeness (QED) is 0.885. The van der Waals surface area contributed by atoms with Crippen molar-refractivity contribution in [3.63, 3.8) is 0 Å². The number of anilines is 1. The van der Waals surface area contributed by atoms with Gasteiger partial charge >= 0.3 is 6.18 Å². The maximum Gasteiger partial charge on any atom is 0.417 e. The van der Waals surface area contributed by atoms with Crippen molar-refractivity contribution in [3.05, 3.63) is 29.8 Å². The first-order valence-corrected chi connectivity index (χ1v) is 5.25. The van der Waals surface area contributed by atoms with Gasteiger partial charge in [0, 0.05) is 5.69 Å². The summed E-state index contributed by atoms with van der Waals surface area (Å²) < 4.78 is 37.1. The summed E-state index contributed by atoms with van der Waals surface area (Å²) in [6.45, 7) is 0.526. The number of nitrogens with zero attached hydrogens (tertiary/aromatic N) is 1. The van der Waals surface area contributed by atoms with Crippen LogP contribution in [0.5, 0.6) is 0 Å². The normalized spacial score (nSPS) is 14.3. The van der Waals surface area contributed by atoms with Gasteiger partial charge < -0.3 is 10.4 Å². The molecular weight excluding hydrogens is 261 g/mol. The van der Waals surface area contributed by atoms with E-state index in [1.807, 2.05) is 6.07 Å². The lowest BCUT2D eigenvalue weighted by Crippen LogP contribution is -2.44. The molecule has 0 aliphatic carbocycles. The molecule has 0 bridgehead atoms. The van der Waals surface area contributed by atoms with E-state index < -0.39 is 24.1 Å². The number of aliphatic hydroxyl groups is 1. The molecule has 102 valence electrons. The highest BCUT2D eigenvalue weighted by Gasteiger charge is 2.50. The predicted molar refractivity (Wildman–Crippen MR) is 61.1 cm³/mol. The Morgan fingerprint density at radius 3 is 2.63 bits per heavy atom. The number of nitriles is 1. The molecule has 0 saturated carbocycles. The molecule has 1 amide bonds. The highest BCUT2D eigenvalue weighted by Crippen LogP contribution is 2.32. The van der Waals surface area contributed by atoms with Gasteiger partial charge in [-0.3, -0.25) is 4.79 Å². The molecule has 1 rings (SSSR count). The van der Waals surface area contributed by atoms with Crippen molar-refractivity contribution in [1.82, 2.24) is 0 Å². The fourth-order valence-electron chi connectivity index (χ4n) is 1.28. The van der Waals surface area contributed by atoms with Gasteiger partial charge in [0.1, 0.15) is 0 Å². The Morgan fingerprint density at radius 1 is 1.47 bits per heavy atom. The SMILES string of the molecule is C[C@](O)(CC(=O)Nc1cccc(C#N)c1)C(F)(F)F. The van der Waals surface area contributed by atoms with E-state index in [4.69, 9.17) is 10.4 Å². The zero-order valence-corrected chi connectivity index (χ0v) is 9.95. The maximum atomic E-state index is 12.4. The Kier molecular flexibility index (Phi) is 4.17. The van der Waals surface area contributed by atoms with Crippen LogP contribution >= 0.6 is 0 Å². The van der Waals surface area contributed by atoms with Crippen LogP contribution in [0.1, 0.15) is 18.9 Å². The third-order valence-corrected chi connectivity index (χ3v) is 2.39. The Bertz CT molecular complexity index is 518. The summed E-state index contributed by atoms with van der Waals surface area (Å²) in [5.41, 5.74) is -2.63. The molecule has 1 atom stereocenters. The largest absolute Gasteiger partial charge is 0.417 e. The van der Waals surface area contributed by atoms with Crippen LogP contribution in [0, 0.1) is 11.3 Å². The van der Waals surface area contributed by atoms with Crippen LogP contribution in [0.4, 0.5) is 18.9 Å². The van der Waals surface area contributed by atoms with Gasteiger partial charge in [-0.1, -0.05) is 6.07 Å². The molecule has 0 aliphatic rings. The second-order valence-corrected chi connectivity index (χ2v) is 4.19. The number of halogens is 3. The molecule has 0 aromatic heterocycles. The van der Waals surface area contributed by atoms with Crippen LogP contribution in [0.3, 0.4) is 0 Å². The maximum absolute atomic E-state index is 12.4. The molecule has 0 radical (unpaired) electrons. The molecule has 7 heteroatoms. The topological polar surface area (TPSA) is 73.1 Å². The van der Waals surface area contributed by atoms with Crippen LogP contribution in [-0.4, -0.2) is 22.8 Å². The molecule has 1 aromatic rings. The minimum atomic E-state index is -4.89. The number of hydrogen-bond acceptors (Lipinski definition) is 3. The first-order valence-electron chi connectivity index (χ1n) is 5.25. The number of carbonyl (C=O) groups excluding carboxylic acids is 1. The predicted octanol–water partition coefficient (Wildman–Crippen LogP) is 2.20. The van der Waals surface area contributed by atoms with Gasteiger partial charge in [0.05, 0.1) is 18.1 Å². The zero-order valence-electron chi connectivity index (χ0n) is 9.95. The summed E-state index contributed by atoms with van der Waals surface area (Å²) in [7, 11) is 0. The van der Waals surface area contributed by atoms with Gasteiger partial charge in [0.2, 0.25) is 5.91 Å². The molecule has 0 unspecified atom stereocenters. The van der Waals surface area contributed by atoms with Crippen LogP contribution in [0.2, 0.25) is 0 Å². The van der Waals surface area contributed by atoms with Crippen molar-refractivity contribution < 1.29 is 23.1 Å². The summed E-state index contributed by atoms with van der Waals surface area (Å²) in [6.07, 6.45) is -6.01. The summed E-state index contributed by atoms with van der Waals surface area (Å²) in [6, 6.07) is 7.55. The third kappa shape index (κ3) is 3.96. The summed E-state index contributed by atoms with van der Waals surface area (Å²) >= 11 is 0. The number of benzene rings is 1. The number of amides is 1. The van der Waals surface area contributed by atoms with Crippen molar-refractivity contribution in [3.8, 4) is 6.07 Å². The molecule has 1 aromatic carbocycles. The molecule has 0 saturated heterocycles. The van der Waals surface area contributed by atoms with E-state index >= 15 is 0 Å². The molecule has 0 aliphatic heterocycles. The van der Waals surface area contributed by atoms with Gasteiger partial charge in [0.15, 0.2) is 5.60 Å². The lowest BCUT2D eigenvalue weighted by molar-refractivity contribution is -0.252. The van der Waals surface area contributed by atoms with E-state index in [1.54, 1.807) is 0 Å². The molecule has 2 N–H and O–H groups in total. The van der Waals surface area contributed by atoms with Crippen LogP contribution in [-0.2, 0) is 4.79 Å². The standard InChI is InChI=1S/C12H11F3N2O2/c1-11(19,12(13,14)15)6-10(18)17-9-4-2-3-8(5-9)7-16/h2-5,19H,6H2,1H3,(H,17,18)/t11-/m0/s1. The Morgan fingerprint density at radius 2 is 2.11 bits per heavy atom. The summed E-state index contributed by atoms with van der Waals surface area (Å²) in [4.78, 5) is 11.4. The second kappa shape index (κ2) is 5.28. The van der Waals surface area contributed by atoms with E-state index in [0.717, 1.165) is 0 Å². The lowest BCUT2D eigenvalue weighted by Gasteiger charge is -2.25. The van der Waals surface area contributed by atoms with Crippen LogP contribution in [0.15, 0.2) is 24.3 Å². The highest BCUT2D eigenvalue weighted by atomic mass is 19.4. The van der Waals surface area contributed by atoms with E-state index in [2.05, 4.69) is 5.32 Å². The summed E-state index contributed by atoms with van der Waals surface area (Å²) in [5.74, 6) is -0.989. The number of hydrogen-bond donors (Lipinski definition) is 2. The number of alkyl halides is 3. The molecule has 0 heterocycles. The lowest BCUT2D eigenvalue weighted by atomic mass is 10.0. The van der Waals surface area contributed by atoms with Crippen molar-refractivity contribution >= 4 is 11.6 Å². The van der Waals surface area contributed by atoms with Gasteiger partial charge in [-0.15, -0.1) is 0 Å². The molecule has 19 heavy (non-hydrogen) atoms. The monoisotopic (exact) mass is 272 g/mol. The molecular formula is C12H11F3N2O2. The molecule has 4 nitrogen and oxygen atoms in total. The van der Waals surface area contributed by atoms with Gasteiger partial charge in [-0.2, -0.15) is 18.4 Å². The zero-order chi connectivity index (χ0) is 14.7. The minimum absolute atomic E-state index is 0.196. The first-order chi connectivity index (χ1) is 8.65. The molecule has 0 fully saturated rings. The van der Waals surface area contributed by atoms with Crippen molar-refractivity contribution in [1.29, 1.82) is 5.26 Å². The van der Waals surface area contributed by atoms with Crippen LogP contribution in [0.25, 0.3) is 0 Å². The Hall–Kier alpha value is -2.07. The van der Waals surface area contributed by atoms with Gasteiger partial charge in [-0.05, 0) is 25.1 Å². The number of nitrogens with one attached hydrogen (secondary N) is 1. The minimum Gasteiger partial charge on any atom is -0.380 e. The fraction of sp³-hybridized carbons (Fsp3) is 0.333. The smallest absolute Gasteiger partial charge is 0.380 e. The van der Waals surface area contributed by atoms with E-state index in [9.17, 15) is 18.0 Å². The highest BCUT2D eigenvalue weighted by molar-refractivity contribution is 5.91. The average molecular weight is 272 g/mol. The average Bonchev–Trinajstić information content (AvgIpc) is 2.26. The van der Waals surface area contributed by atoms with Gasteiger partial charge in [0.25, 0.3) is 0 Å². The Balaban J connectivity index is 2.74. The summed E-state index contributed by atoms with van der Waals surface area (Å²) in [5, 5.41) is 20.0. The van der Waals surface area contributed by atoms with E-state index in [1.165, 1.54) is 24.3 Å². The number of carbonyl (C=O) groups is 1. The fourth-order valence-corrected chi connectivity index (χ4v) is 1.28. The van der Waals surface area contributed by atoms with Crippen molar-refractivity contribution in [2.75, 3.05) is 5.32 Å². The third-order valence-electron chi connectivity index (χ3n) is 2.39. The van der Waals surface area contributed by atoms with Crippen LogP contribution < -0.4 is 5.32 Å². The first kappa shape index (κ1) is 15.0. The van der Waals surface area contributed by atoms with E-state index in [-0.39, 0.29) is 11.3 Å². The van der Waals surface area contributed by atoms with E-state index in [0.29, 0.717) is 6.92 Å². The van der Waals surface area contributed by atoms with Crippen molar-refractivity contribution in [2.45, 2.75) is 25.1 Å². The molecule has 0 spiro atoms. The van der Waals surface area contributed by atoms with Gasteiger partial charge in [-0.25, -0.2) is 0 Å². The second-order valence-electron chi connectivity index (χ2n) is 4.19. The van der Waals surface area contributed by atoms with Crippen molar-refractivity contribution in [2.24, 2.45) is 0 Å².